The van der Waals surface area contributed by atoms with Crippen molar-refractivity contribution < 1.29 is 23.4 Å². The molecule has 0 saturated heterocycles. The summed E-state index contributed by atoms with van der Waals surface area (Å²) in [7, 11) is 0. The zero-order valence-corrected chi connectivity index (χ0v) is 18.9. The monoisotopic (exact) mass is 436 g/mol. The summed E-state index contributed by atoms with van der Waals surface area (Å²) in [5.41, 5.74) is 1.54. The molecule has 0 radical (unpaired) electrons. The zero-order valence-electron chi connectivity index (χ0n) is 18.9. The van der Waals surface area contributed by atoms with Gasteiger partial charge in [-0.2, -0.15) is 0 Å². The molecule has 0 unspecified atom stereocenters. The molecule has 6 heteroatoms. The van der Waals surface area contributed by atoms with Gasteiger partial charge in [-0.25, -0.2) is 0 Å². The van der Waals surface area contributed by atoms with Gasteiger partial charge in [-0.15, -0.1) is 0 Å². The van der Waals surface area contributed by atoms with E-state index in [9.17, 15) is 9.59 Å². The lowest BCUT2D eigenvalue weighted by atomic mass is 9.97. The number of fused-ring (bicyclic) bond motifs is 2. The van der Waals surface area contributed by atoms with Crippen molar-refractivity contribution in [2.75, 3.05) is 13.2 Å². The van der Waals surface area contributed by atoms with E-state index in [1.54, 1.807) is 32.9 Å². The fourth-order valence-electron chi connectivity index (χ4n) is 3.54. The van der Waals surface area contributed by atoms with E-state index in [4.69, 9.17) is 18.6 Å². The Balaban J connectivity index is 1.79. The molecule has 6 nitrogen and oxygen atoms in total. The summed E-state index contributed by atoms with van der Waals surface area (Å²) in [5.74, 6) is 1.40. The Kier molecular flexibility index (Phi) is 5.96. The van der Waals surface area contributed by atoms with Crippen LogP contribution in [0.1, 0.15) is 46.1 Å². The van der Waals surface area contributed by atoms with E-state index in [0.717, 1.165) is 18.4 Å². The standard InChI is InChI=1S/C26H28O6/c1-5-7-17-12-18-22(14-21(17)32-25(28)26(2,3)4)31-15-19(24(18)27)16-8-9-20-23(13-16)30-11-6-10-29-20/h8-9,12-15H,5-7,10-11H2,1-4H3. The van der Waals surface area contributed by atoms with Crippen LogP contribution in [0.4, 0.5) is 0 Å². The third-order valence-electron chi connectivity index (χ3n) is 5.35. The van der Waals surface area contributed by atoms with Crippen LogP contribution in [0, 0.1) is 5.41 Å². The summed E-state index contributed by atoms with van der Waals surface area (Å²) in [6.07, 6.45) is 3.78. The highest BCUT2D eigenvalue weighted by Gasteiger charge is 2.25. The molecule has 168 valence electrons. The topological polar surface area (TPSA) is 75.0 Å². The largest absolute Gasteiger partial charge is 0.490 e. The minimum Gasteiger partial charge on any atom is -0.490 e. The smallest absolute Gasteiger partial charge is 0.316 e. The quantitative estimate of drug-likeness (QED) is 0.396. The van der Waals surface area contributed by atoms with Crippen LogP contribution < -0.4 is 19.6 Å². The molecular weight excluding hydrogens is 408 g/mol. The molecule has 0 amide bonds. The third kappa shape index (κ3) is 4.35. The summed E-state index contributed by atoms with van der Waals surface area (Å²) < 4.78 is 22.9. The van der Waals surface area contributed by atoms with Gasteiger partial charge in [0.2, 0.25) is 5.43 Å². The second-order valence-corrected chi connectivity index (χ2v) is 9.04. The molecule has 0 atom stereocenters. The van der Waals surface area contributed by atoms with E-state index >= 15 is 0 Å². The maximum atomic E-state index is 13.4. The number of carbonyl (C=O) groups excluding carboxylic acids is 1. The molecule has 0 saturated carbocycles. The number of hydrogen-bond acceptors (Lipinski definition) is 6. The Morgan fingerprint density at radius 3 is 2.53 bits per heavy atom. The molecule has 3 aromatic rings. The van der Waals surface area contributed by atoms with Crippen molar-refractivity contribution >= 4 is 16.9 Å². The van der Waals surface area contributed by atoms with E-state index in [-0.39, 0.29) is 11.4 Å². The predicted octanol–water partition coefficient (Wildman–Crippen LogP) is 5.53. The zero-order chi connectivity index (χ0) is 22.9. The lowest BCUT2D eigenvalue weighted by molar-refractivity contribution is -0.143. The second kappa shape index (κ2) is 8.69. The maximum absolute atomic E-state index is 13.4. The summed E-state index contributed by atoms with van der Waals surface area (Å²) in [4.78, 5) is 25.8. The summed E-state index contributed by atoms with van der Waals surface area (Å²) >= 11 is 0. The molecule has 0 aliphatic carbocycles. The van der Waals surface area contributed by atoms with Gasteiger partial charge in [-0.3, -0.25) is 9.59 Å². The first-order valence-electron chi connectivity index (χ1n) is 11.0. The predicted molar refractivity (Wildman–Crippen MR) is 123 cm³/mol. The molecule has 0 N–H and O–H groups in total. The van der Waals surface area contributed by atoms with E-state index < -0.39 is 5.41 Å². The van der Waals surface area contributed by atoms with Crippen molar-refractivity contribution in [3.8, 4) is 28.4 Å². The molecule has 0 spiro atoms. The second-order valence-electron chi connectivity index (χ2n) is 9.04. The molecule has 1 aromatic heterocycles. The van der Waals surface area contributed by atoms with Gasteiger partial charge >= 0.3 is 5.97 Å². The number of carbonyl (C=O) groups is 1. The Bertz CT molecular complexity index is 1220. The fraction of sp³-hybridized carbons (Fsp3) is 0.385. The minimum absolute atomic E-state index is 0.146. The Morgan fingerprint density at radius 2 is 1.81 bits per heavy atom. The highest BCUT2D eigenvalue weighted by atomic mass is 16.5. The molecule has 4 rings (SSSR count). The van der Waals surface area contributed by atoms with Crippen molar-refractivity contribution in [1.82, 2.24) is 0 Å². The molecule has 0 bridgehead atoms. The summed E-state index contributed by atoms with van der Waals surface area (Å²) in [6.45, 7) is 8.62. The van der Waals surface area contributed by atoms with Crippen LogP contribution in [-0.4, -0.2) is 19.2 Å². The Morgan fingerprint density at radius 1 is 1.06 bits per heavy atom. The number of benzene rings is 2. The van der Waals surface area contributed by atoms with Gasteiger partial charge < -0.3 is 18.6 Å². The number of ether oxygens (including phenoxy) is 3. The minimum atomic E-state index is -0.639. The highest BCUT2D eigenvalue weighted by molar-refractivity contribution is 5.86. The van der Waals surface area contributed by atoms with Crippen LogP contribution in [0.5, 0.6) is 17.2 Å². The molecule has 2 aromatic carbocycles. The third-order valence-corrected chi connectivity index (χ3v) is 5.35. The van der Waals surface area contributed by atoms with Crippen LogP contribution in [0.2, 0.25) is 0 Å². The van der Waals surface area contributed by atoms with Crippen LogP contribution >= 0.6 is 0 Å². The van der Waals surface area contributed by atoms with Gasteiger partial charge in [0.1, 0.15) is 17.6 Å². The van der Waals surface area contributed by atoms with Crippen LogP contribution in [-0.2, 0) is 11.2 Å². The lowest BCUT2D eigenvalue weighted by Gasteiger charge is -2.18. The first-order valence-corrected chi connectivity index (χ1v) is 11.0. The Labute approximate surface area is 187 Å². The first kappa shape index (κ1) is 21.9. The van der Waals surface area contributed by atoms with Crippen molar-refractivity contribution in [3.63, 3.8) is 0 Å². The Hall–Kier alpha value is -3.28. The molecule has 32 heavy (non-hydrogen) atoms. The molecular formula is C26H28O6. The van der Waals surface area contributed by atoms with Gasteiger partial charge in [-0.05, 0) is 56.5 Å². The SMILES string of the molecule is CCCc1cc2c(=O)c(-c3ccc4c(c3)OCCCO4)coc2cc1OC(=O)C(C)(C)C. The average Bonchev–Trinajstić information content (AvgIpc) is 2.99. The number of hydrogen-bond donors (Lipinski definition) is 0. The van der Waals surface area contributed by atoms with Crippen molar-refractivity contribution in [3.05, 3.63) is 52.4 Å². The van der Waals surface area contributed by atoms with Crippen molar-refractivity contribution in [1.29, 1.82) is 0 Å². The number of aryl methyl sites for hydroxylation is 1. The molecule has 0 fully saturated rings. The summed E-state index contributed by atoms with van der Waals surface area (Å²) in [5, 5.41) is 0.452. The molecule has 2 heterocycles. The number of rotatable bonds is 4. The van der Waals surface area contributed by atoms with Gasteiger partial charge in [0.05, 0.1) is 29.6 Å². The van der Waals surface area contributed by atoms with Crippen LogP contribution in [0.15, 0.2) is 45.8 Å². The molecule has 1 aliphatic rings. The van der Waals surface area contributed by atoms with Crippen molar-refractivity contribution in [2.45, 2.75) is 47.0 Å². The normalized spacial score (nSPS) is 13.6. The lowest BCUT2D eigenvalue weighted by Crippen LogP contribution is -2.26. The van der Waals surface area contributed by atoms with E-state index in [2.05, 4.69) is 0 Å². The van der Waals surface area contributed by atoms with Crippen LogP contribution in [0.25, 0.3) is 22.1 Å². The van der Waals surface area contributed by atoms with E-state index in [1.165, 1.54) is 6.26 Å². The fourth-order valence-corrected chi connectivity index (χ4v) is 3.54. The number of esters is 1. The maximum Gasteiger partial charge on any atom is 0.316 e. The first-order chi connectivity index (χ1) is 15.3. The summed E-state index contributed by atoms with van der Waals surface area (Å²) in [6, 6.07) is 8.88. The van der Waals surface area contributed by atoms with E-state index in [1.807, 2.05) is 25.1 Å². The molecule has 1 aliphatic heterocycles. The van der Waals surface area contributed by atoms with Gasteiger partial charge in [0.15, 0.2) is 11.5 Å². The van der Waals surface area contributed by atoms with Gasteiger partial charge in [0, 0.05) is 12.5 Å². The average molecular weight is 437 g/mol. The van der Waals surface area contributed by atoms with Gasteiger partial charge in [0.25, 0.3) is 0 Å². The van der Waals surface area contributed by atoms with Crippen LogP contribution in [0.3, 0.4) is 0 Å². The van der Waals surface area contributed by atoms with Crippen molar-refractivity contribution in [2.24, 2.45) is 5.41 Å². The highest BCUT2D eigenvalue weighted by Crippen LogP contribution is 2.35. The van der Waals surface area contributed by atoms with E-state index in [0.29, 0.717) is 59.0 Å². The van der Waals surface area contributed by atoms with Gasteiger partial charge in [-0.1, -0.05) is 19.4 Å².